The molecule has 5 heteroatoms. The molecule has 18 heavy (non-hydrogen) atoms. The van der Waals surface area contributed by atoms with Crippen molar-refractivity contribution in [2.24, 2.45) is 11.7 Å². The molecule has 1 aliphatic heterocycles. The fourth-order valence-electron chi connectivity index (χ4n) is 2.33. The largest absolute Gasteiger partial charge is 0.398 e. The zero-order valence-corrected chi connectivity index (χ0v) is 11.0. The van der Waals surface area contributed by atoms with Gasteiger partial charge in [-0.2, -0.15) is 0 Å². The van der Waals surface area contributed by atoms with E-state index < -0.39 is 0 Å². The van der Waals surface area contributed by atoms with E-state index in [4.69, 9.17) is 23.1 Å². The number of benzene rings is 1. The van der Waals surface area contributed by atoms with Gasteiger partial charge in [0.1, 0.15) is 0 Å². The molecule has 0 spiro atoms. The second-order valence-corrected chi connectivity index (χ2v) is 5.22. The summed E-state index contributed by atoms with van der Waals surface area (Å²) in [6, 6.07) is 5.71. The van der Waals surface area contributed by atoms with Crippen LogP contribution in [0.5, 0.6) is 0 Å². The molecule has 0 radical (unpaired) electrons. The van der Waals surface area contributed by atoms with Gasteiger partial charge in [-0.15, -0.1) is 0 Å². The Morgan fingerprint density at radius 3 is 2.61 bits per heavy atom. The van der Waals surface area contributed by atoms with Crippen molar-refractivity contribution in [3.8, 4) is 0 Å². The minimum absolute atomic E-state index is 0.0385. The number of piperidine rings is 1. The number of nitrogen functional groups attached to an aromatic ring is 1. The minimum atomic E-state index is -0.176. The van der Waals surface area contributed by atoms with E-state index in [1.54, 1.807) is 0 Å². The topological polar surface area (TPSA) is 72.4 Å². The van der Waals surface area contributed by atoms with E-state index in [0.29, 0.717) is 10.7 Å². The number of hydrogen-bond donors (Lipinski definition) is 2. The Labute approximate surface area is 112 Å². The zero-order chi connectivity index (χ0) is 13.1. The molecule has 0 unspecified atom stereocenters. The lowest BCUT2D eigenvalue weighted by Gasteiger charge is -2.30. The molecule has 0 bridgehead atoms. The molecule has 0 atom stereocenters. The third kappa shape index (κ3) is 3.15. The SMILES string of the molecule is NC(=O)C1CCN(Cc2ccc(Cl)c(N)c2)CC1. The Hall–Kier alpha value is -1.26. The van der Waals surface area contributed by atoms with Crippen molar-refractivity contribution in [2.45, 2.75) is 19.4 Å². The molecule has 2 rings (SSSR count). The summed E-state index contributed by atoms with van der Waals surface area (Å²) in [6.07, 6.45) is 1.69. The molecule has 1 aliphatic rings. The van der Waals surface area contributed by atoms with Crippen molar-refractivity contribution in [1.29, 1.82) is 0 Å². The molecule has 4 nitrogen and oxygen atoms in total. The van der Waals surface area contributed by atoms with Crippen LogP contribution in [0.25, 0.3) is 0 Å². The van der Waals surface area contributed by atoms with E-state index in [0.717, 1.165) is 38.0 Å². The van der Waals surface area contributed by atoms with Crippen molar-refractivity contribution >= 4 is 23.2 Å². The highest BCUT2D eigenvalue weighted by molar-refractivity contribution is 6.33. The predicted octanol–water partition coefficient (Wildman–Crippen LogP) is 1.62. The standard InChI is InChI=1S/C13H18ClN3O/c14-11-2-1-9(7-12(11)15)8-17-5-3-10(4-6-17)13(16)18/h1-2,7,10H,3-6,8,15H2,(H2,16,18). The van der Waals surface area contributed by atoms with Crippen molar-refractivity contribution < 1.29 is 4.79 Å². The number of nitrogens with two attached hydrogens (primary N) is 2. The van der Waals surface area contributed by atoms with Gasteiger partial charge in [0.25, 0.3) is 0 Å². The highest BCUT2D eigenvalue weighted by atomic mass is 35.5. The Morgan fingerprint density at radius 2 is 2.06 bits per heavy atom. The van der Waals surface area contributed by atoms with Gasteiger partial charge in [0, 0.05) is 12.5 Å². The van der Waals surface area contributed by atoms with E-state index in [-0.39, 0.29) is 11.8 Å². The summed E-state index contributed by atoms with van der Waals surface area (Å²) in [5, 5.41) is 0.589. The molecule has 0 aromatic heterocycles. The molecule has 1 aromatic rings. The maximum absolute atomic E-state index is 11.1. The first-order valence-corrected chi connectivity index (χ1v) is 6.49. The lowest BCUT2D eigenvalue weighted by atomic mass is 9.96. The van der Waals surface area contributed by atoms with Crippen LogP contribution in [0.1, 0.15) is 18.4 Å². The number of rotatable bonds is 3. The number of primary amides is 1. The van der Waals surface area contributed by atoms with Crippen LogP contribution in [-0.4, -0.2) is 23.9 Å². The molecule has 98 valence electrons. The molecule has 1 fully saturated rings. The Morgan fingerprint density at radius 1 is 1.39 bits per heavy atom. The summed E-state index contributed by atoms with van der Waals surface area (Å²) < 4.78 is 0. The number of amides is 1. The zero-order valence-electron chi connectivity index (χ0n) is 10.2. The average molecular weight is 268 g/mol. The maximum Gasteiger partial charge on any atom is 0.220 e. The Balaban J connectivity index is 1.91. The van der Waals surface area contributed by atoms with E-state index in [1.807, 2.05) is 18.2 Å². The van der Waals surface area contributed by atoms with Gasteiger partial charge in [-0.3, -0.25) is 9.69 Å². The van der Waals surface area contributed by atoms with Crippen molar-refractivity contribution in [2.75, 3.05) is 18.8 Å². The van der Waals surface area contributed by atoms with Crippen LogP contribution in [0, 0.1) is 5.92 Å². The number of anilines is 1. The summed E-state index contributed by atoms with van der Waals surface area (Å²) in [5.41, 5.74) is 12.8. The van der Waals surface area contributed by atoms with E-state index >= 15 is 0 Å². The summed E-state index contributed by atoms with van der Waals surface area (Å²) in [7, 11) is 0. The molecule has 0 saturated carbocycles. The molecular formula is C13H18ClN3O. The number of carbonyl (C=O) groups excluding carboxylic acids is 1. The molecule has 4 N–H and O–H groups in total. The van der Waals surface area contributed by atoms with Gasteiger partial charge in [-0.05, 0) is 43.6 Å². The van der Waals surface area contributed by atoms with Gasteiger partial charge in [-0.25, -0.2) is 0 Å². The van der Waals surface area contributed by atoms with Gasteiger partial charge in [-0.1, -0.05) is 17.7 Å². The summed E-state index contributed by atoms with van der Waals surface area (Å²) >= 11 is 5.89. The van der Waals surface area contributed by atoms with Crippen LogP contribution in [0.2, 0.25) is 5.02 Å². The Kier molecular flexibility index (Phi) is 4.09. The molecule has 0 aliphatic carbocycles. The first-order valence-electron chi connectivity index (χ1n) is 6.12. The van der Waals surface area contributed by atoms with Gasteiger partial charge in [0.05, 0.1) is 10.7 Å². The summed E-state index contributed by atoms with van der Waals surface area (Å²) in [4.78, 5) is 13.4. The fourth-order valence-corrected chi connectivity index (χ4v) is 2.44. The lowest BCUT2D eigenvalue weighted by molar-refractivity contribution is -0.123. The Bertz CT molecular complexity index is 442. The van der Waals surface area contributed by atoms with Crippen LogP contribution in [-0.2, 0) is 11.3 Å². The van der Waals surface area contributed by atoms with Gasteiger partial charge >= 0.3 is 0 Å². The molecular weight excluding hydrogens is 250 g/mol. The van der Waals surface area contributed by atoms with Crippen LogP contribution >= 0.6 is 11.6 Å². The highest BCUT2D eigenvalue weighted by Gasteiger charge is 2.22. The smallest absolute Gasteiger partial charge is 0.220 e. The molecule has 1 aromatic carbocycles. The number of hydrogen-bond acceptors (Lipinski definition) is 3. The fraction of sp³-hybridized carbons (Fsp3) is 0.462. The molecule has 1 saturated heterocycles. The first kappa shape index (κ1) is 13.2. The predicted molar refractivity (Wildman–Crippen MR) is 73.1 cm³/mol. The van der Waals surface area contributed by atoms with E-state index in [1.165, 1.54) is 0 Å². The highest BCUT2D eigenvalue weighted by Crippen LogP contribution is 2.22. The normalized spacial score (nSPS) is 17.8. The van der Waals surface area contributed by atoms with Crippen molar-refractivity contribution in [3.05, 3.63) is 28.8 Å². The number of halogens is 1. The van der Waals surface area contributed by atoms with Crippen LogP contribution < -0.4 is 11.5 Å². The van der Waals surface area contributed by atoms with Crippen LogP contribution in [0.4, 0.5) is 5.69 Å². The number of carbonyl (C=O) groups is 1. The summed E-state index contributed by atoms with van der Waals surface area (Å²) in [6.45, 7) is 2.64. The van der Waals surface area contributed by atoms with Gasteiger partial charge in [0.2, 0.25) is 5.91 Å². The minimum Gasteiger partial charge on any atom is -0.398 e. The average Bonchev–Trinajstić information content (AvgIpc) is 2.34. The van der Waals surface area contributed by atoms with Gasteiger partial charge in [0.15, 0.2) is 0 Å². The van der Waals surface area contributed by atoms with Crippen LogP contribution in [0.3, 0.4) is 0 Å². The lowest BCUT2D eigenvalue weighted by Crippen LogP contribution is -2.38. The monoisotopic (exact) mass is 267 g/mol. The molecule has 1 amide bonds. The maximum atomic E-state index is 11.1. The number of nitrogens with zero attached hydrogens (tertiary/aromatic N) is 1. The van der Waals surface area contributed by atoms with Crippen molar-refractivity contribution in [1.82, 2.24) is 4.90 Å². The number of likely N-dealkylation sites (tertiary alicyclic amines) is 1. The third-order valence-electron chi connectivity index (χ3n) is 3.46. The first-order chi connectivity index (χ1) is 8.56. The second-order valence-electron chi connectivity index (χ2n) is 4.81. The van der Waals surface area contributed by atoms with Crippen LogP contribution in [0.15, 0.2) is 18.2 Å². The van der Waals surface area contributed by atoms with E-state index in [2.05, 4.69) is 4.90 Å². The quantitative estimate of drug-likeness (QED) is 0.818. The van der Waals surface area contributed by atoms with Gasteiger partial charge < -0.3 is 11.5 Å². The second kappa shape index (κ2) is 5.59. The third-order valence-corrected chi connectivity index (χ3v) is 3.80. The molecule has 1 heterocycles. The van der Waals surface area contributed by atoms with E-state index in [9.17, 15) is 4.79 Å². The van der Waals surface area contributed by atoms with Crippen molar-refractivity contribution in [3.63, 3.8) is 0 Å². The summed E-state index contributed by atoms with van der Waals surface area (Å²) in [5.74, 6) is -0.137.